The van der Waals surface area contributed by atoms with E-state index in [0.717, 1.165) is 6.42 Å². The molecule has 0 heterocycles. The first-order valence-electron chi connectivity index (χ1n) is 7.17. The van der Waals surface area contributed by atoms with Crippen molar-refractivity contribution in [1.29, 1.82) is 0 Å². The summed E-state index contributed by atoms with van der Waals surface area (Å²) in [5.41, 5.74) is 7.08. The van der Waals surface area contributed by atoms with Crippen molar-refractivity contribution in [3.05, 3.63) is 107 Å². The SMILES string of the molecule is C1=CC=CC2=C(C=C1)C1=C3C(=CC=CC=C1)C=CCC23. The highest BCUT2D eigenvalue weighted by Gasteiger charge is 2.32. The molecule has 0 spiro atoms. The highest BCUT2D eigenvalue weighted by molar-refractivity contribution is 5.70. The third kappa shape index (κ3) is 1.69. The average Bonchev–Trinajstić information content (AvgIpc) is 2.68. The fraction of sp³-hybridized carbons (Fsp3) is 0.100. The molecule has 0 nitrogen and oxygen atoms in total. The first kappa shape index (κ1) is 11.5. The number of hydrogen-bond donors (Lipinski definition) is 0. The molecule has 0 aromatic heterocycles. The lowest BCUT2D eigenvalue weighted by Gasteiger charge is -2.22. The van der Waals surface area contributed by atoms with Gasteiger partial charge >= 0.3 is 0 Å². The standard InChI is InChI=1S/C20H16/c1-2-6-12-17-16(11-5-1)18-13-7-3-4-9-15-10-8-14-19(17)20(15)18/h1-13,19H,14H2. The zero-order valence-electron chi connectivity index (χ0n) is 11.3. The normalized spacial score (nSPS) is 26.0. The summed E-state index contributed by atoms with van der Waals surface area (Å²) in [7, 11) is 0. The maximum Gasteiger partial charge on any atom is 0.0142 e. The lowest BCUT2D eigenvalue weighted by Crippen LogP contribution is -2.08. The van der Waals surface area contributed by atoms with E-state index in [9.17, 15) is 0 Å². The van der Waals surface area contributed by atoms with E-state index in [1.807, 2.05) is 0 Å². The van der Waals surface area contributed by atoms with Crippen LogP contribution in [0.15, 0.2) is 107 Å². The first-order valence-corrected chi connectivity index (χ1v) is 7.17. The van der Waals surface area contributed by atoms with Gasteiger partial charge in [-0.25, -0.2) is 0 Å². The highest BCUT2D eigenvalue weighted by atomic mass is 14.4. The Kier molecular flexibility index (Phi) is 2.67. The van der Waals surface area contributed by atoms with E-state index in [4.69, 9.17) is 0 Å². The minimum atomic E-state index is 0.514. The van der Waals surface area contributed by atoms with Crippen molar-refractivity contribution in [3.8, 4) is 0 Å². The maximum absolute atomic E-state index is 2.30. The van der Waals surface area contributed by atoms with Crippen molar-refractivity contribution >= 4 is 0 Å². The van der Waals surface area contributed by atoms with Crippen LogP contribution >= 0.6 is 0 Å². The molecule has 0 saturated heterocycles. The zero-order chi connectivity index (χ0) is 13.4. The molecule has 20 heavy (non-hydrogen) atoms. The average molecular weight is 256 g/mol. The van der Waals surface area contributed by atoms with E-state index < -0.39 is 0 Å². The molecule has 96 valence electrons. The van der Waals surface area contributed by atoms with Gasteiger partial charge in [-0.1, -0.05) is 79.0 Å². The predicted octanol–water partition coefficient (Wildman–Crippen LogP) is 4.90. The molecule has 4 aliphatic rings. The summed E-state index contributed by atoms with van der Waals surface area (Å²) < 4.78 is 0. The minimum absolute atomic E-state index is 0.514. The van der Waals surface area contributed by atoms with Crippen LogP contribution in [0.3, 0.4) is 0 Å². The molecule has 4 rings (SSSR count). The van der Waals surface area contributed by atoms with Gasteiger partial charge < -0.3 is 0 Å². The largest absolute Gasteiger partial charge is 0.0830 e. The summed E-state index contributed by atoms with van der Waals surface area (Å²) >= 11 is 0. The quantitative estimate of drug-likeness (QED) is 0.578. The van der Waals surface area contributed by atoms with Crippen LogP contribution in [-0.2, 0) is 0 Å². The molecule has 0 heteroatoms. The monoisotopic (exact) mass is 256 g/mol. The van der Waals surface area contributed by atoms with Gasteiger partial charge in [0, 0.05) is 5.92 Å². The lowest BCUT2D eigenvalue weighted by molar-refractivity contribution is 0.752. The van der Waals surface area contributed by atoms with Crippen LogP contribution in [0.4, 0.5) is 0 Å². The Balaban J connectivity index is 1.96. The number of hydrogen-bond acceptors (Lipinski definition) is 0. The molecule has 0 bridgehead atoms. The molecule has 0 radical (unpaired) electrons. The molecule has 4 aliphatic carbocycles. The van der Waals surface area contributed by atoms with Gasteiger partial charge in [0.05, 0.1) is 0 Å². The van der Waals surface area contributed by atoms with E-state index in [2.05, 4.69) is 79.0 Å². The van der Waals surface area contributed by atoms with Crippen LogP contribution in [0.1, 0.15) is 6.42 Å². The molecule has 0 amide bonds. The molecular formula is C20H16. The Morgan fingerprint density at radius 2 is 1.45 bits per heavy atom. The van der Waals surface area contributed by atoms with E-state index in [0.29, 0.717) is 5.92 Å². The minimum Gasteiger partial charge on any atom is -0.0830 e. The van der Waals surface area contributed by atoms with Gasteiger partial charge in [0.15, 0.2) is 0 Å². The smallest absolute Gasteiger partial charge is 0.0142 e. The maximum atomic E-state index is 2.30. The Labute approximate surface area is 119 Å². The molecule has 0 aromatic carbocycles. The van der Waals surface area contributed by atoms with Gasteiger partial charge in [0.1, 0.15) is 0 Å². The van der Waals surface area contributed by atoms with E-state index in [1.54, 1.807) is 0 Å². The van der Waals surface area contributed by atoms with Crippen molar-refractivity contribution in [1.82, 2.24) is 0 Å². The van der Waals surface area contributed by atoms with Gasteiger partial charge in [-0.05, 0) is 34.3 Å². The summed E-state index contributed by atoms with van der Waals surface area (Å²) in [4.78, 5) is 0. The van der Waals surface area contributed by atoms with Crippen LogP contribution in [0.2, 0.25) is 0 Å². The van der Waals surface area contributed by atoms with Crippen LogP contribution < -0.4 is 0 Å². The van der Waals surface area contributed by atoms with Crippen LogP contribution in [0.5, 0.6) is 0 Å². The van der Waals surface area contributed by atoms with E-state index in [1.165, 1.54) is 27.9 Å². The van der Waals surface area contributed by atoms with Crippen molar-refractivity contribution in [2.45, 2.75) is 6.42 Å². The Morgan fingerprint density at radius 3 is 2.35 bits per heavy atom. The third-order valence-corrected chi connectivity index (χ3v) is 4.23. The Bertz CT molecular complexity index is 722. The fourth-order valence-electron chi connectivity index (χ4n) is 3.39. The van der Waals surface area contributed by atoms with Crippen LogP contribution in [-0.4, -0.2) is 0 Å². The topological polar surface area (TPSA) is 0 Å². The number of allylic oxidation sites excluding steroid dienone is 18. The molecule has 1 atom stereocenters. The van der Waals surface area contributed by atoms with Gasteiger partial charge in [-0.2, -0.15) is 0 Å². The van der Waals surface area contributed by atoms with Crippen LogP contribution in [0.25, 0.3) is 0 Å². The summed E-state index contributed by atoms with van der Waals surface area (Å²) in [6, 6.07) is 0. The summed E-state index contributed by atoms with van der Waals surface area (Å²) in [6.45, 7) is 0. The molecule has 0 fully saturated rings. The molecule has 0 saturated carbocycles. The Hall–Kier alpha value is -2.34. The first-order chi connectivity index (χ1) is 9.95. The molecule has 0 aromatic rings. The second kappa shape index (κ2) is 4.64. The summed E-state index contributed by atoms with van der Waals surface area (Å²) in [5.74, 6) is 0.514. The number of rotatable bonds is 0. The van der Waals surface area contributed by atoms with E-state index >= 15 is 0 Å². The van der Waals surface area contributed by atoms with Crippen molar-refractivity contribution < 1.29 is 0 Å². The molecule has 0 aliphatic heterocycles. The predicted molar refractivity (Wildman–Crippen MR) is 85.1 cm³/mol. The molecular weight excluding hydrogens is 240 g/mol. The summed E-state index contributed by atoms with van der Waals surface area (Å²) in [5, 5.41) is 0. The van der Waals surface area contributed by atoms with Gasteiger partial charge in [0.25, 0.3) is 0 Å². The summed E-state index contributed by atoms with van der Waals surface area (Å²) in [6.07, 6.45) is 29.6. The molecule has 0 N–H and O–H groups in total. The van der Waals surface area contributed by atoms with Crippen molar-refractivity contribution in [3.63, 3.8) is 0 Å². The highest BCUT2D eigenvalue weighted by Crippen LogP contribution is 2.47. The second-order valence-electron chi connectivity index (χ2n) is 5.36. The lowest BCUT2D eigenvalue weighted by atomic mass is 9.82. The van der Waals surface area contributed by atoms with Crippen molar-refractivity contribution in [2.24, 2.45) is 5.92 Å². The fourth-order valence-corrected chi connectivity index (χ4v) is 3.39. The second-order valence-corrected chi connectivity index (χ2v) is 5.36. The van der Waals surface area contributed by atoms with Gasteiger partial charge in [-0.15, -0.1) is 0 Å². The van der Waals surface area contributed by atoms with E-state index in [-0.39, 0.29) is 0 Å². The molecule has 1 unspecified atom stereocenters. The Morgan fingerprint density at radius 1 is 0.700 bits per heavy atom. The number of fused-ring (bicyclic) bond motifs is 2. The van der Waals surface area contributed by atoms with Gasteiger partial charge in [-0.3, -0.25) is 0 Å². The zero-order valence-corrected chi connectivity index (χ0v) is 11.3. The van der Waals surface area contributed by atoms with Crippen LogP contribution in [0, 0.1) is 5.92 Å². The third-order valence-electron chi connectivity index (χ3n) is 4.23. The van der Waals surface area contributed by atoms with Crippen molar-refractivity contribution in [2.75, 3.05) is 0 Å². The van der Waals surface area contributed by atoms with Gasteiger partial charge in [0.2, 0.25) is 0 Å².